The van der Waals surface area contributed by atoms with Gasteiger partial charge in [0.05, 0.1) is 17.9 Å². The third-order valence-electron chi connectivity index (χ3n) is 8.07. The molecule has 7 nitrogen and oxygen atoms in total. The lowest BCUT2D eigenvalue weighted by molar-refractivity contribution is -0.137. The van der Waals surface area contributed by atoms with E-state index in [1.807, 2.05) is 48.2 Å². The summed E-state index contributed by atoms with van der Waals surface area (Å²) in [4.78, 5) is 46.7. The highest BCUT2D eigenvalue weighted by atomic mass is 16.2. The molecule has 0 bridgehead atoms. The molecular formula is C33H38N4O3. The topological polar surface area (TPSA) is 64.2 Å². The van der Waals surface area contributed by atoms with Crippen molar-refractivity contribution in [3.8, 4) is 0 Å². The van der Waals surface area contributed by atoms with Crippen molar-refractivity contribution in [3.05, 3.63) is 89.0 Å². The first-order valence-electron chi connectivity index (χ1n) is 14.0. The van der Waals surface area contributed by atoms with Gasteiger partial charge in [0.15, 0.2) is 0 Å². The fraction of sp³-hybridized carbons (Fsp3) is 0.364. The van der Waals surface area contributed by atoms with Gasteiger partial charge in [-0.2, -0.15) is 0 Å². The lowest BCUT2D eigenvalue weighted by Gasteiger charge is -2.30. The molecule has 0 aliphatic carbocycles. The van der Waals surface area contributed by atoms with Gasteiger partial charge in [-0.15, -0.1) is 0 Å². The Bertz CT molecular complexity index is 1450. The number of anilines is 3. The number of hydrogen-bond donors (Lipinski definition) is 0. The highest BCUT2D eigenvalue weighted by Crippen LogP contribution is 2.39. The molecule has 0 spiro atoms. The minimum atomic E-state index is -1.12. The van der Waals surface area contributed by atoms with Gasteiger partial charge >= 0.3 is 0 Å². The van der Waals surface area contributed by atoms with Gasteiger partial charge < -0.3 is 14.7 Å². The number of rotatable bonds is 7. The van der Waals surface area contributed by atoms with Crippen LogP contribution in [0, 0.1) is 5.41 Å². The molecule has 0 saturated heterocycles. The van der Waals surface area contributed by atoms with Crippen molar-refractivity contribution in [2.45, 2.75) is 53.2 Å². The van der Waals surface area contributed by atoms with Gasteiger partial charge in [-0.05, 0) is 74.7 Å². The Morgan fingerprint density at radius 2 is 1.40 bits per heavy atom. The SMILES string of the molecule is CCN1C(=O)C(C)(C)C(=O)N(C)c2cc(CN(C)Cc3ccc4c(c3)N(Cc3ccccc3)C(=O)CC4)ccc21. The summed E-state index contributed by atoms with van der Waals surface area (Å²) in [5, 5.41) is 0. The molecule has 5 rings (SSSR count). The van der Waals surface area contributed by atoms with Crippen LogP contribution in [0.4, 0.5) is 17.1 Å². The van der Waals surface area contributed by atoms with E-state index in [9.17, 15) is 14.4 Å². The predicted octanol–water partition coefficient (Wildman–Crippen LogP) is 5.15. The van der Waals surface area contributed by atoms with Gasteiger partial charge in [-0.1, -0.05) is 48.5 Å². The molecule has 0 N–H and O–H groups in total. The maximum absolute atomic E-state index is 13.2. The van der Waals surface area contributed by atoms with Crippen LogP contribution >= 0.6 is 0 Å². The van der Waals surface area contributed by atoms with E-state index in [4.69, 9.17) is 0 Å². The molecule has 0 fully saturated rings. The van der Waals surface area contributed by atoms with Crippen LogP contribution in [0.25, 0.3) is 0 Å². The van der Waals surface area contributed by atoms with Gasteiger partial charge in [-0.3, -0.25) is 19.3 Å². The van der Waals surface area contributed by atoms with Crippen molar-refractivity contribution in [2.24, 2.45) is 5.41 Å². The number of hydrogen-bond acceptors (Lipinski definition) is 4. The van der Waals surface area contributed by atoms with Crippen molar-refractivity contribution >= 4 is 34.8 Å². The van der Waals surface area contributed by atoms with Crippen molar-refractivity contribution in [1.29, 1.82) is 0 Å². The molecule has 2 aliphatic rings. The maximum Gasteiger partial charge on any atom is 0.242 e. The second-order valence-electron chi connectivity index (χ2n) is 11.5. The van der Waals surface area contributed by atoms with Gasteiger partial charge in [-0.25, -0.2) is 0 Å². The average Bonchev–Trinajstić information content (AvgIpc) is 2.99. The molecule has 0 saturated carbocycles. The van der Waals surface area contributed by atoms with Crippen molar-refractivity contribution in [2.75, 3.05) is 35.3 Å². The molecule has 208 valence electrons. The third-order valence-corrected chi connectivity index (χ3v) is 8.07. The zero-order chi connectivity index (χ0) is 28.6. The predicted molar refractivity (Wildman–Crippen MR) is 159 cm³/mol. The number of amides is 3. The van der Waals surface area contributed by atoms with E-state index in [0.717, 1.165) is 40.2 Å². The standard InChI is InChI=1S/C33H38N4O3/c1-6-36-27-16-13-25(19-29(27)35(5)31(39)33(2,3)32(36)40)21-34(4)20-24-12-14-26-15-17-30(38)37(28(26)18-24)22-23-10-8-7-9-11-23/h7-14,16,18-19H,6,15,17,20-22H2,1-5H3. The zero-order valence-corrected chi connectivity index (χ0v) is 24.1. The zero-order valence-electron chi connectivity index (χ0n) is 24.1. The molecule has 0 unspecified atom stereocenters. The number of fused-ring (bicyclic) bond motifs is 2. The van der Waals surface area contributed by atoms with E-state index in [1.54, 1.807) is 30.7 Å². The quantitative estimate of drug-likeness (QED) is 0.390. The molecule has 7 heteroatoms. The number of carbonyl (C=O) groups excluding carboxylic acids is 3. The Labute approximate surface area is 237 Å². The second-order valence-corrected chi connectivity index (χ2v) is 11.5. The van der Waals surface area contributed by atoms with E-state index in [2.05, 4.69) is 42.3 Å². The first-order valence-corrected chi connectivity index (χ1v) is 14.0. The summed E-state index contributed by atoms with van der Waals surface area (Å²) in [5.41, 5.74) is 5.91. The van der Waals surface area contributed by atoms with Gasteiger partial charge in [0, 0.05) is 38.8 Å². The van der Waals surface area contributed by atoms with E-state index < -0.39 is 5.41 Å². The maximum atomic E-state index is 13.2. The molecular weight excluding hydrogens is 500 g/mol. The van der Waals surface area contributed by atoms with E-state index in [1.165, 1.54) is 5.56 Å². The Balaban J connectivity index is 1.36. The molecule has 3 aromatic rings. The number of aryl methyl sites for hydroxylation is 1. The minimum absolute atomic E-state index is 0.160. The molecule has 0 atom stereocenters. The van der Waals surface area contributed by atoms with Crippen molar-refractivity contribution in [3.63, 3.8) is 0 Å². The van der Waals surface area contributed by atoms with Crippen LogP contribution < -0.4 is 14.7 Å². The van der Waals surface area contributed by atoms with Gasteiger partial charge in [0.1, 0.15) is 5.41 Å². The Kier molecular flexibility index (Phi) is 7.51. The summed E-state index contributed by atoms with van der Waals surface area (Å²) < 4.78 is 0. The Morgan fingerprint density at radius 3 is 2.08 bits per heavy atom. The van der Waals surface area contributed by atoms with Crippen LogP contribution in [0.5, 0.6) is 0 Å². The number of nitrogens with zero attached hydrogens (tertiary/aromatic N) is 4. The first-order chi connectivity index (χ1) is 19.1. The summed E-state index contributed by atoms with van der Waals surface area (Å²) in [6.07, 6.45) is 1.30. The smallest absolute Gasteiger partial charge is 0.242 e. The molecule has 3 aromatic carbocycles. The summed E-state index contributed by atoms with van der Waals surface area (Å²) in [6.45, 7) is 7.78. The van der Waals surface area contributed by atoms with E-state index >= 15 is 0 Å². The number of carbonyl (C=O) groups is 3. The molecule has 40 heavy (non-hydrogen) atoms. The van der Waals surface area contributed by atoms with Crippen LogP contribution in [0.2, 0.25) is 0 Å². The lowest BCUT2D eigenvalue weighted by Crippen LogP contribution is -2.47. The van der Waals surface area contributed by atoms with Gasteiger partial charge in [0.2, 0.25) is 17.7 Å². The van der Waals surface area contributed by atoms with Crippen molar-refractivity contribution < 1.29 is 14.4 Å². The minimum Gasteiger partial charge on any atom is -0.313 e. The normalized spacial score (nSPS) is 16.8. The summed E-state index contributed by atoms with van der Waals surface area (Å²) in [7, 11) is 3.82. The van der Waals surface area contributed by atoms with Gasteiger partial charge in [0.25, 0.3) is 0 Å². The summed E-state index contributed by atoms with van der Waals surface area (Å²) >= 11 is 0. The van der Waals surface area contributed by atoms with Crippen molar-refractivity contribution in [1.82, 2.24) is 4.90 Å². The molecule has 0 radical (unpaired) electrons. The van der Waals surface area contributed by atoms with E-state index in [-0.39, 0.29) is 17.7 Å². The van der Waals surface area contributed by atoms with Crippen LogP contribution in [-0.2, 0) is 40.4 Å². The van der Waals surface area contributed by atoms with Crippen LogP contribution in [0.3, 0.4) is 0 Å². The highest BCUT2D eigenvalue weighted by molar-refractivity contribution is 6.19. The molecule has 2 heterocycles. The number of benzene rings is 3. The van der Waals surface area contributed by atoms with Crippen LogP contribution in [0.1, 0.15) is 49.4 Å². The fourth-order valence-corrected chi connectivity index (χ4v) is 5.85. The molecule has 0 aromatic heterocycles. The Morgan fingerprint density at radius 1 is 0.750 bits per heavy atom. The van der Waals surface area contributed by atoms with Crippen LogP contribution in [-0.4, -0.2) is 43.3 Å². The highest BCUT2D eigenvalue weighted by Gasteiger charge is 2.45. The average molecular weight is 539 g/mol. The Hall–Kier alpha value is -3.97. The summed E-state index contributed by atoms with van der Waals surface area (Å²) in [5.74, 6) is -0.222. The summed E-state index contributed by atoms with van der Waals surface area (Å²) in [6, 6.07) is 22.6. The second kappa shape index (κ2) is 10.9. The largest absolute Gasteiger partial charge is 0.313 e. The monoisotopic (exact) mass is 538 g/mol. The lowest BCUT2D eigenvalue weighted by atomic mass is 9.90. The third kappa shape index (κ3) is 5.13. The van der Waals surface area contributed by atoms with E-state index in [0.29, 0.717) is 32.6 Å². The first kappa shape index (κ1) is 27.6. The molecule has 2 aliphatic heterocycles. The van der Waals surface area contributed by atoms with Crippen LogP contribution in [0.15, 0.2) is 66.7 Å². The fourth-order valence-electron chi connectivity index (χ4n) is 5.85. The molecule has 3 amide bonds.